The number of thiol groups is 1. The Bertz CT molecular complexity index is 503. The molecule has 0 aromatic carbocycles. The second-order valence-corrected chi connectivity index (χ2v) is 6.31. The molecule has 0 spiro atoms. The van der Waals surface area contributed by atoms with Crippen LogP contribution in [0.5, 0.6) is 0 Å². The first kappa shape index (κ1) is 24.1. The Morgan fingerprint density at radius 2 is 1.54 bits per heavy atom. The van der Waals surface area contributed by atoms with Gasteiger partial charge in [0, 0.05) is 5.75 Å². The van der Waals surface area contributed by atoms with Crippen LogP contribution in [0.4, 0.5) is 0 Å². The molecule has 0 aromatic rings. The molecule has 26 heavy (non-hydrogen) atoms. The van der Waals surface area contributed by atoms with Crippen LogP contribution in [-0.2, 0) is 19.2 Å². The van der Waals surface area contributed by atoms with Gasteiger partial charge in [-0.05, 0) is 39.7 Å². The van der Waals surface area contributed by atoms with E-state index in [-0.39, 0.29) is 12.2 Å². The van der Waals surface area contributed by atoms with Gasteiger partial charge in [-0.3, -0.25) is 14.4 Å². The summed E-state index contributed by atoms with van der Waals surface area (Å²) in [4.78, 5) is 47.2. The number of amides is 3. The van der Waals surface area contributed by atoms with Gasteiger partial charge in [0.1, 0.15) is 18.1 Å². The van der Waals surface area contributed by atoms with Crippen molar-refractivity contribution in [2.24, 2.45) is 11.5 Å². The van der Waals surface area contributed by atoms with E-state index >= 15 is 0 Å². The number of carboxylic acids is 1. The van der Waals surface area contributed by atoms with Crippen molar-refractivity contribution in [1.29, 1.82) is 0 Å². The van der Waals surface area contributed by atoms with Crippen LogP contribution in [0.3, 0.4) is 0 Å². The summed E-state index contributed by atoms with van der Waals surface area (Å²) >= 11 is 3.88. The van der Waals surface area contributed by atoms with Gasteiger partial charge in [0.15, 0.2) is 0 Å². The van der Waals surface area contributed by atoms with Crippen LogP contribution >= 0.6 is 12.6 Å². The highest BCUT2D eigenvalue weighted by molar-refractivity contribution is 7.80. The van der Waals surface area contributed by atoms with Crippen LogP contribution in [0, 0.1) is 0 Å². The van der Waals surface area contributed by atoms with Gasteiger partial charge < -0.3 is 32.5 Å². The molecule has 150 valence electrons. The number of carbonyl (C=O) groups excluding carboxylic acids is 3. The summed E-state index contributed by atoms with van der Waals surface area (Å²) in [5.74, 6) is -3.03. The largest absolute Gasteiger partial charge is 0.480 e. The monoisotopic (exact) mass is 391 g/mol. The third-order valence-electron chi connectivity index (χ3n) is 3.54. The highest BCUT2D eigenvalue weighted by Crippen LogP contribution is 2.03. The average molecular weight is 391 g/mol. The molecule has 0 bridgehead atoms. The first-order valence-electron chi connectivity index (χ1n) is 8.34. The van der Waals surface area contributed by atoms with Crippen LogP contribution in [0.25, 0.3) is 0 Å². The molecule has 0 aliphatic carbocycles. The maximum atomic E-state index is 12.3. The van der Waals surface area contributed by atoms with Crippen LogP contribution < -0.4 is 27.4 Å². The number of carbonyl (C=O) groups is 4. The summed E-state index contributed by atoms with van der Waals surface area (Å²) in [5, 5.41) is 16.3. The lowest BCUT2D eigenvalue weighted by molar-refractivity contribution is -0.141. The smallest absolute Gasteiger partial charge is 0.327 e. The van der Waals surface area contributed by atoms with E-state index in [0.29, 0.717) is 19.4 Å². The molecule has 0 radical (unpaired) electrons. The summed E-state index contributed by atoms with van der Waals surface area (Å²) < 4.78 is 0. The second-order valence-electron chi connectivity index (χ2n) is 5.95. The minimum absolute atomic E-state index is 0.0919. The Labute approximate surface area is 158 Å². The van der Waals surface area contributed by atoms with Crippen LogP contribution in [0.2, 0.25) is 0 Å². The van der Waals surface area contributed by atoms with Crippen molar-refractivity contribution in [1.82, 2.24) is 16.0 Å². The van der Waals surface area contributed by atoms with Crippen molar-refractivity contribution in [3.8, 4) is 0 Å². The highest BCUT2D eigenvalue weighted by Gasteiger charge is 2.27. The number of carboxylic acid groups (broad SMARTS) is 1. The van der Waals surface area contributed by atoms with Crippen molar-refractivity contribution in [3.05, 3.63) is 0 Å². The molecule has 0 aromatic heterocycles. The Morgan fingerprint density at radius 1 is 0.962 bits per heavy atom. The zero-order valence-corrected chi connectivity index (χ0v) is 15.9. The lowest BCUT2D eigenvalue weighted by Gasteiger charge is -2.23. The lowest BCUT2D eigenvalue weighted by Crippen LogP contribution is -2.56. The van der Waals surface area contributed by atoms with Crippen LogP contribution in [-0.4, -0.2) is 65.3 Å². The fourth-order valence-electron chi connectivity index (χ4n) is 1.93. The molecule has 0 aliphatic heterocycles. The van der Waals surface area contributed by atoms with Gasteiger partial charge in [-0.1, -0.05) is 0 Å². The third kappa shape index (κ3) is 9.02. The molecule has 8 N–H and O–H groups in total. The maximum absolute atomic E-state index is 12.3. The van der Waals surface area contributed by atoms with Gasteiger partial charge in [-0.25, -0.2) is 4.79 Å². The molecule has 0 aliphatic rings. The number of hydrogen-bond donors (Lipinski definition) is 7. The quantitative estimate of drug-likeness (QED) is 0.148. The van der Waals surface area contributed by atoms with Gasteiger partial charge in [-0.15, -0.1) is 0 Å². The minimum atomic E-state index is -1.22. The number of unbranched alkanes of at least 4 members (excludes halogenated alkanes) is 1. The van der Waals surface area contributed by atoms with Crippen molar-refractivity contribution >= 4 is 36.3 Å². The third-order valence-corrected chi connectivity index (χ3v) is 3.91. The molecular weight excluding hydrogens is 362 g/mol. The van der Waals surface area contributed by atoms with Crippen molar-refractivity contribution in [3.63, 3.8) is 0 Å². The molecule has 11 heteroatoms. The molecule has 0 saturated heterocycles. The standard InChI is InChI=1S/C15H29N5O5S/c1-8(17)12(21)18-9(2)13(22)19-10(5-3-4-6-16)14(23)20-11(7-26)15(24)25/h8-11,26H,3-7,16-17H2,1-2H3,(H,18,21)(H,19,22)(H,20,23)(H,24,25). The summed E-state index contributed by atoms with van der Waals surface area (Å²) in [7, 11) is 0. The van der Waals surface area contributed by atoms with Crippen molar-refractivity contribution < 1.29 is 24.3 Å². The normalized spacial score (nSPS) is 15.3. The van der Waals surface area contributed by atoms with Gasteiger partial charge in [0.05, 0.1) is 6.04 Å². The molecule has 3 amide bonds. The van der Waals surface area contributed by atoms with E-state index in [4.69, 9.17) is 16.6 Å². The number of nitrogens with two attached hydrogens (primary N) is 2. The zero-order valence-electron chi connectivity index (χ0n) is 15.0. The van der Waals surface area contributed by atoms with E-state index in [1.807, 2.05) is 0 Å². The molecule has 0 rings (SSSR count). The van der Waals surface area contributed by atoms with Gasteiger partial charge in [0.2, 0.25) is 17.7 Å². The number of rotatable bonds is 12. The van der Waals surface area contributed by atoms with E-state index < -0.39 is 47.9 Å². The lowest BCUT2D eigenvalue weighted by atomic mass is 10.1. The zero-order chi connectivity index (χ0) is 20.3. The number of nitrogens with one attached hydrogen (secondary N) is 3. The Hall–Kier alpha value is -1.85. The van der Waals surface area contributed by atoms with Gasteiger partial charge in [-0.2, -0.15) is 12.6 Å². The average Bonchev–Trinajstić information content (AvgIpc) is 2.57. The topological polar surface area (TPSA) is 177 Å². The fourth-order valence-corrected chi connectivity index (χ4v) is 2.17. The predicted octanol–water partition coefficient (Wildman–Crippen LogP) is -2.05. The second kappa shape index (κ2) is 12.5. The molecule has 0 fully saturated rings. The molecule has 4 unspecified atom stereocenters. The molecule has 10 nitrogen and oxygen atoms in total. The first-order valence-corrected chi connectivity index (χ1v) is 8.97. The SMILES string of the molecule is CC(N)C(=O)NC(C)C(=O)NC(CCCCN)C(=O)NC(CS)C(=O)O. The number of hydrogen-bond acceptors (Lipinski definition) is 7. The van der Waals surface area contributed by atoms with Crippen molar-refractivity contribution in [2.75, 3.05) is 12.3 Å². The summed E-state index contributed by atoms with van der Waals surface area (Å²) in [6.07, 6.45) is 1.49. The van der Waals surface area contributed by atoms with Gasteiger partial charge in [0.25, 0.3) is 0 Å². The predicted molar refractivity (Wildman–Crippen MR) is 99.5 cm³/mol. The van der Waals surface area contributed by atoms with E-state index in [1.165, 1.54) is 13.8 Å². The Kier molecular flexibility index (Phi) is 11.6. The number of aliphatic carboxylic acids is 1. The van der Waals surface area contributed by atoms with E-state index in [2.05, 4.69) is 28.6 Å². The highest BCUT2D eigenvalue weighted by atomic mass is 32.1. The van der Waals surface area contributed by atoms with Crippen LogP contribution in [0.15, 0.2) is 0 Å². The van der Waals surface area contributed by atoms with Crippen LogP contribution in [0.1, 0.15) is 33.1 Å². The first-order chi connectivity index (χ1) is 12.1. The molecule has 0 heterocycles. The molecule has 4 atom stereocenters. The van der Waals surface area contributed by atoms with E-state index in [1.54, 1.807) is 0 Å². The van der Waals surface area contributed by atoms with Gasteiger partial charge >= 0.3 is 5.97 Å². The Morgan fingerprint density at radius 3 is 2.00 bits per heavy atom. The summed E-state index contributed by atoms with van der Waals surface area (Å²) in [6.45, 7) is 3.36. The fraction of sp³-hybridized carbons (Fsp3) is 0.733. The molecular formula is C15H29N5O5S. The van der Waals surface area contributed by atoms with E-state index in [0.717, 1.165) is 0 Å². The summed E-state index contributed by atoms with van der Waals surface area (Å²) in [6, 6.07) is -3.81. The molecule has 0 saturated carbocycles. The van der Waals surface area contributed by atoms with E-state index in [9.17, 15) is 19.2 Å². The Balaban J connectivity index is 4.95. The van der Waals surface area contributed by atoms with Crippen molar-refractivity contribution in [2.45, 2.75) is 57.3 Å². The summed E-state index contributed by atoms with van der Waals surface area (Å²) in [5.41, 5.74) is 10.9. The minimum Gasteiger partial charge on any atom is -0.480 e. The maximum Gasteiger partial charge on any atom is 0.327 e.